The van der Waals surface area contributed by atoms with E-state index >= 15 is 0 Å². The summed E-state index contributed by atoms with van der Waals surface area (Å²) in [5.74, 6) is 0. The molecule has 0 atom stereocenters. The van der Waals surface area contributed by atoms with Crippen LogP contribution in [-0.4, -0.2) is 9.13 Å². The van der Waals surface area contributed by atoms with E-state index in [1.54, 1.807) is 0 Å². The van der Waals surface area contributed by atoms with Crippen molar-refractivity contribution in [3.63, 3.8) is 0 Å². The molecule has 0 saturated carbocycles. The summed E-state index contributed by atoms with van der Waals surface area (Å²) in [7, 11) is 0. The van der Waals surface area contributed by atoms with Crippen LogP contribution in [0.15, 0.2) is 179 Å². The Bertz CT molecular complexity index is 3400. The van der Waals surface area contributed by atoms with Gasteiger partial charge in [-0.25, -0.2) is 0 Å². The lowest BCUT2D eigenvalue weighted by Gasteiger charge is -2.10. The number of hydrogen-bond donors (Lipinski definition) is 0. The van der Waals surface area contributed by atoms with Crippen LogP contribution in [0.25, 0.3) is 110 Å². The van der Waals surface area contributed by atoms with Gasteiger partial charge >= 0.3 is 0 Å². The summed E-state index contributed by atoms with van der Waals surface area (Å²) in [6, 6.07) is 60.6. The van der Waals surface area contributed by atoms with Crippen molar-refractivity contribution in [2.75, 3.05) is 0 Å². The van der Waals surface area contributed by atoms with Gasteiger partial charge in [-0.15, -0.1) is 0 Å². The van der Waals surface area contributed by atoms with Crippen LogP contribution >= 0.6 is 0 Å². The molecule has 242 valence electrons. The standard InChI is InChI=1S/C48H28N2O2/c1-3-11-31(12-4-1)49-40-23-20-29(25-37(40)38-27-39-34-16-8-9-17-44(34)51-46(39)28-43(38)49)30-19-21-36-42(26-30)50(32-13-5-2-6-14-32)41-24-22-35-33-15-7-10-18-45(33)52-48(35)47(36)41/h1-28H. The van der Waals surface area contributed by atoms with E-state index < -0.39 is 0 Å². The van der Waals surface area contributed by atoms with E-state index in [1.165, 1.54) is 16.2 Å². The van der Waals surface area contributed by atoms with Crippen molar-refractivity contribution in [1.82, 2.24) is 9.13 Å². The minimum atomic E-state index is 0.895. The molecule has 4 aromatic heterocycles. The highest BCUT2D eigenvalue weighted by Crippen LogP contribution is 2.43. The zero-order chi connectivity index (χ0) is 33.9. The molecule has 12 aromatic rings. The van der Waals surface area contributed by atoms with Crippen LogP contribution < -0.4 is 0 Å². The minimum absolute atomic E-state index is 0.895. The second kappa shape index (κ2) is 10.3. The maximum atomic E-state index is 6.59. The molecule has 0 amide bonds. The van der Waals surface area contributed by atoms with Crippen molar-refractivity contribution in [2.45, 2.75) is 0 Å². The molecule has 0 N–H and O–H groups in total. The van der Waals surface area contributed by atoms with Gasteiger partial charge in [0.1, 0.15) is 22.3 Å². The Kier molecular flexibility index (Phi) is 5.47. The molecule has 4 heteroatoms. The van der Waals surface area contributed by atoms with Crippen molar-refractivity contribution in [3.8, 4) is 22.5 Å². The third kappa shape index (κ3) is 3.75. The minimum Gasteiger partial charge on any atom is -0.456 e. The van der Waals surface area contributed by atoms with E-state index in [0.717, 1.165) is 93.8 Å². The lowest BCUT2D eigenvalue weighted by Crippen LogP contribution is -1.93. The molecule has 52 heavy (non-hydrogen) atoms. The molecule has 0 fully saturated rings. The number of hydrogen-bond acceptors (Lipinski definition) is 2. The highest BCUT2D eigenvalue weighted by Gasteiger charge is 2.21. The number of rotatable bonds is 3. The zero-order valence-corrected chi connectivity index (χ0v) is 27.9. The second-order valence-corrected chi connectivity index (χ2v) is 13.7. The molecule has 12 rings (SSSR count). The number of aromatic nitrogens is 2. The van der Waals surface area contributed by atoms with Crippen molar-refractivity contribution < 1.29 is 8.83 Å². The normalized spacial score (nSPS) is 12.2. The van der Waals surface area contributed by atoms with Gasteiger partial charge in [0.2, 0.25) is 0 Å². The van der Waals surface area contributed by atoms with Crippen LogP contribution in [-0.2, 0) is 0 Å². The molecular formula is C48H28N2O2. The average molecular weight is 665 g/mol. The summed E-state index contributed by atoms with van der Waals surface area (Å²) in [5, 5.41) is 9.25. The molecule has 0 saturated heterocycles. The molecule has 4 heterocycles. The summed E-state index contributed by atoms with van der Waals surface area (Å²) >= 11 is 0. The highest BCUT2D eigenvalue weighted by atomic mass is 16.3. The fourth-order valence-electron chi connectivity index (χ4n) is 8.59. The molecule has 4 nitrogen and oxygen atoms in total. The van der Waals surface area contributed by atoms with Gasteiger partial charge in [0.15, 0.2) is 0 Å². The number of nitrogens with zero attached hydrogens (tertiary/aromatic N) is 2. The number of para-hydroxylation sites is 4. The van der Waals surface area contributed by atoms with Crippen molar-refractivity contribution in [2.24, 2.45) is 0 Å². The molecule has 0 bridgehead atoms. The smallest absolute Gasteiger partial charge is 0.145 e. The van der Waals surface area contributed by atoms with Gasteiger partial charge in [-0.2, -0.15) is 0 Å². The molecule has 0 aliphatic heterocycles. The van der Waals surface area contributed by atoms with E-state index in [0.29, 0.717) is 0 Å². The lowest BCUT2D eigenvalue weighted by molar-refractivity contribution is 0.669. The van der Waals surface area contributed by atoms with E-state index in [-0.39, 0.29) is 0 Å². The van der Waals surface area contributed by atoms with Gasteiger partial charge in [-0.1, -0.05) is 91.0 Å². The SMILES string of the molecule is c1ccc(-n2c3ccc(-c4ccc5c6c7oc8ccccc8c7ccc6n(-c6ccccc6)c5c4)cc3c3cc4c(cc32)oc2ccccc24)cc1. The van der Waals surface area contributed by atoms with Gasteiger partial charge in [0.05, 0.1) is 27.5 Å². The summed E-state index contributed by atoms with van der Waals surface area (Å²) in [6.45, 7) is 0. The van der Waals surface area contributed by atoms with E-state index in [2.05, 4.69) is 161 Å². The first-order valence-corrected chi connectivity index (χ1v) is 17.7. The summed E-state index contributed by atoms with van der Waals surface area (Å²) in [4.78, 5) is 0. The molecule has 0 spiro atoms. The molecule has 8 aromatic carbocycles. The average Bonchev–Trinajstić information content (AvgIpc) is 3.94. The number of fused-ring (bicyclic) bond motifs is 13. The van der Waals surface area contributed by atoms with Gasteiger partial charge in [-0.05, 0) is 83.9 Å². The Labute approximate surface area is 296 Å². The Hall–Kier alpha value is -7.04. The highest BCUT2D eigenvalue weighted by molar-refractivity contribution is 6.24. The number of furan rings is 2. The Morgan fingerprint density at radius 3 is 1.63 bits per heavy atom. The largest absolute Gasteiger partial charge is 0.456 e. The Morgan fingerprint density at radius 1 is 0.308 bits per heavy atom. The van der Waals surface area contributed by atoms with Crippen LogP contribution in [0.2, 0.25) is 0 Å². The maximum Gasteiger partial charge on any atom is 0.145 e. The molecule has 0 aliphatic rings. The van der Waals surface area contributed by atoms with Gasteiger partial charge in [0.25, 0.3) is 0 Å². The molecular weight excluding hydrogens is 637 g/mol. The van der Waals surface area contributed by atoms with E-state index in [4.69, 9.17) is 8.83 Å². The fraction of sp³-hybridized carbons (Fsp3) is 0. The van der Waals surface area contributed by atoms with Gasteiger partial charge in [0, 0.05) is 55.1 Å². The number of benzene rings is 8. The Morgan fingerprint density at radius 2 is 0.865 bits per heavy atom. The monoisotopic (exact) mass is 664 g/mol. The topological polar surface area (TPSA) is 36.1 Å². The van der Waals surface area contributed by atoms with Crippen molar-refractivity contribution >= 4 is 87.5 Å². The van der Waals surface area contributed by atoms with Crippen molar-refractivity contribution in [3.05, 3.63) is 170 Å². The Balaban J connectivity index is 1.14. The summed E-state index contributed by atoms with van der Waals surface area (Å²) in [6.07, 6.45) is 0. The summed E-state index contributed by atoms with van der Waals surface area (Å²) in [5.41, 5.74) is 12.8. The molecule has 0 unspecified atom stereocenters. The van der Waals surface area contributed by atoms with Crippen LogP contribution in [0.3, 0.4) is 0 Å². The first-order chi connectivity index (χ1) is 25.8. The summed E-state index contributed by atoms with van der Waals surface area (Å²) < 4.78 is 17.7. The lowest BCUT2D eigenvalue weighted by atomic mass is 10.0. The van der Waals surface area contributed by atoms with Crippen molar-refractivity contribution in [1.29, 1.82) is 0 Å². The third-order valence-electron chi connectivity index (χ3n) is 10.9. The van der Waals surface area contributed by atoms with E-state index in [9.17, 15) is 0 Å². The van der Waals surface area contributed by atoms with Gasteiger partial charge in [-0.3, -0.25) is 0 Å². The van der Waals surface area contributed by atoms with E-state index in [1.807, 2.05) is 18.2 Å². The first-order valence-electron chi connectivity index (χ1n) is 17.7. The van der Waals surface area contributed by atoms with Gasteiger partial charge < -0.3 is 18.0 Å². The third-order valence-corrected chi connectivity index (χ3v) is 10.9. The second-order valence-electron chi connectivity index (χ2n) is 13.7. The van der Waals surface area contributed by atoms with Crippen LogP contribution in [0.4, 0.5) is 0 Å². The quantitative estimate of drug-likeness (QED) is 0.188. The molecule has 0 radical (unpaired) electrons. The predicted molar refractivity (Wildman–Crippen MR) is 215 cm³/mol. The maximum absolute atomic E-state index is 6.59. The molecule has 0 aliphatic carbocycles. The fourth-order valence-corrected chi connectivity index (χ4v) is 8.59. The first kappa shape index (κ1) is 27.7. The zero-order valence-electron chi connectivity index (χ0n) is 27.9. The van der Waals surface area contributed by atoms with Crippen LogP contribution in [0.5, 0.6) is 0 Å². The van der Waals surface area contributed by atoms with Crippen LogP contribution in [0, 0.1) is 0 Å². The van der Waals surface area contributed by atoms with Crippen LogP contribution in [0.1, 0.15) is 0 Å². The predicted octanol–water partition coefficient (Wildman–Crippen LogP) is 13.3.